The highest BCUT2D eigenvalue weighted by Crippen LogP contribution is 2.26. The van der Waals surface area contributed by atoms with Crippen molar-refractivity contribution < 1.29 is 14.7 Å². The largest absolute Gasteiger partial charge is 0.478 e. The molecule has 39 heavy (non-hydrogen) atoms. The van der Waals surface area contributed by atoms with Gasteiger partial charge in [0.2, 0.25) is 0 Å². The molecule has 2 amide bonds. The Morgan fingerprint density at radius 1 is 0.846 bits per heavy atom. The number of carboxylic acid groups (broad SMARTS) is 1. The molecule has 3 N–H and O–H groups in total. The van der Waals surface area contributed by atoms with Crippen molar-refractivity contribution in [2.75, 3.05) is 10.6 Å². The molecule has 0 saturated heterocycles. The van der Waals surface area contributed by atoms with E-state index in [-0.39, 0.29) is 11.6 Å². The van der Waals surface area contributed by atoms with Crippen molar-refractivity contribution in [1.29, 1.82) is 0 Å². The van der Waals surface area contributed by atoms with Gasteiger partial charge in [0.05, 0.1) is 16.6 Å². The number of fused-ring (bicyclic) bond motifs is 1. The maximum Gasteiger partial charge on any atom is 0.336 e. The van der Waals surface area contributed by atoms with Crippen molar-refractivity contribution in [3.05, 3.63) is 114 Å². The van der Waals surface area contributed by atoms with Crippen LogP contribution >= 0.6 is 0 Å². The van der Waals surface area contributed by atoms with Gasteiger partial charge < -0.3 is 20.3 Å². The number of aromatic nitrogens is 2. The average Bonchev–Trinajstić information content (AvgIpc) is 3.29. The van der Waals surface area contributed by atoms with Crippen LogP contribution < -0.4 is 10.6 Å². The van der Waals surface area contributed by atoms with Gasteiger partial charge >= 0.3 is 12.0 Å². The van der Waals surface area contributed by atoms with Crippen LogP contribution in [0.3, 0.4) is 0 Å². The molecule has 7 nitrogen and oxygen atoms in total. The summed E-state index contributed by atoms with van der Waals surface area (Å²) >= 11 is 0. The fourth-order valence-electron chi connectivity index (χ4n) is 4.66. The van der Waals surface area contributed by atoms with Crippen molar-refractivity contribution in [3.8, 4) is 11.1 Å². The molecule has 0 aliphatic heterocycles. The van der Waals surface area contributed by atoms with Gasteiger partial charge in [-0.1, -0.05) is 74.0 Å². The van der Waals surface area contributed by atoms with Gasteiger partial charge in [-0.05, 0) is 59.5 Å². The summed E-state index contributed by atoms with van der Waals surface area (Å²) in [5.74, 6) is 0.0556. The molecule has 1 aromatic heterocycles. The van der Waals surface area contributed by atoms with Crippen LogP contribution in [0.5, 0.6) is 0 Å². The number of carbonyl (C=O) groups excluding carboxylic acids is 1. The minimum atomic E-state index is -0.943. The minimum Gasteiger partial charge on any atom is -0.478 e. The molecule has 0 aliphatic rings. The standard InChI is InChI=1S/C32H30N4O3/c1-2-3-13-30-35-28-19-18-25(34-32(39)33-24-9-5-4-6-10-24)20-29(28)36(30)21-22-14-16-23(17-15-22)26-11-7-8-12-27(26)31(37)38/h4-12,14-20H,2-3,13,21H2,1H3,(H,37,38)(H2,33,34,39). The van der Waals surface area contributed by atoms with Crippen LogP contribution in [-0.4, -0.2) is 26.7 Å². The molecule has 196 valence electrons. The third kappa shape index (κ3) is 5.99. The molecule has 5 aromatic rings. The first-order valence-electron chi connectivity index (χ1n) is 13.1. The first-order chi connectivity index (χ1) is 19.0. The highest BCUT2D eigenvalue weighted by Gasteiger charge is 2.14. The summed E-state index contributed by atoms with van der Waals surface area (Å²) in [4.78, 5) is 29.1. The summed E-state index contributed by atoms with van der Waals surface area (Å²) in [5, 5.41) is 15.3. The fourth-order valence-corrected chi connectivity index (χ4v) is 4.66. The Labute approximate surface area is 227 Å². The van der Waals surface area contributed by atoms with Crippen molar-refractivity contribution in [2.24, 2.45) is 0 Å². The number of anilines is 2. The zero-order valence-corrected chi connectivity index (χ0v) is 21.7. The molecule has 7 heteroatoms. The van der Waals surface area contributed by atoms with Crippen LogP contribution in [0.15, 0.2) is 97.1 Å². The molecule has 0 atom stereocenters. The molecule has 0 aliphatic carbocycles. The first kappa shape index (κ1) is 25.7. The molecular formula is C32H30N4O3. The lowest BCUT2D eigenvalue weighted by molar-refractivity contribution is 0.0697. The van der Waals surface area contributed by atoms with E-state index in [1.807, 2.05) is 84.9 Å². The molecule has 0 spiro atoms. The lowest BCUT2D eigenvalue weighted by Gasteiger charge is -2.12. The zero-order chi connectivity index (χ0) is 27.2. The number of nitrogens with one attached hydrogen (secondary N) is 2. The number of carbonyl (C=O) groups is 2. The lowest BCUT2D eigenvalue weighted by atomic mass is 9.99. The van der Waals surface area contributed by atoms with Crippen molar-refractivity contribution in [1.82, 2.24) is 9.55 Å². The summed E-state index contributed by atoms with van der Waals surface area (Å²) < 4.78 is 2.20. The van der Waals surface area contributed by atoms with Gasteiger partial charge in [-0.2, -0.15) is 0 Å². The van der Waals surface area contributed by atoms with Crippen molar-refractivity contribution in [2.45, 2.75) is 32.7 Å². The van der Waals surface area contributed by atoms with Gasteiger partial charge in [0.15, 0.2) is 0 Å². The maximum atomic E-state index is 12.6. The monoisotopic (exact) mass is 518 g/mol. The molecular weight excluding hydrogens is 488 g/mol. The van der Waals surface area contributed by atoms with Gasteiger partial charge in [-0.15, -0.1) is 0 Å². The number of para-hydroxylation sites is 1. The van der Waals surface area contributed by atoms with Gasteiger partial charge in [-0.25, -0.2) is 14.6 Å². The minimum absolute atomic E-state index is 0.282. The Balaban J connectivity index is 1.42. The summed E-state index contributed by atoms with van der Waals surface area (Å²) in [5.41, 5.74) is 6.12. The second kappa shape index (κ2) is 11.6. The topological polar surface area (TPSA) is 96.3 Å². The van der Waals surface area contributed by atoms with Gasteiger partial charge in [0, 0.05) is 24.3 Å². The van der Waals surface area contributed by atoms with E-state index in [4.69, 9.17) is 4.98 Å². The van der Waals surface area contributed by atoms with Gasteiger partial charge in [0.25, 0.3) is 0 Å². The zero-order valence-electron chi connectivity index (χ0n) is 21.7. The van der Waals surface area contributed by atoms with Crippen LogP contribution in [0.2, 0.25) is 0 Å². The number of benzene rings is 4. The highest BCUT2D eigenvalue weighted by molar-refractivity contribution is 6.00. The van der Waals surface area contributed by atoms with Crippen LogP contribution in [0.4, 0.5) is 16.2 Å². The molecule has 0 fully saturated rings. The van der Waals surface area contributed by atoms with E-state index in [9.17, 15) is 14.7 Å². The molecule has 5 rings (SSSR count). The fraction of sp³-hybridized carbons (Fsp3) is 0.156. The van der Waals surface area contributed by atoms with E-state index in [0.29, 0.717) is 17.8 Å². The highest BCUT2D eigenvalue weighted by atomic mass is 16.4. The Hall–Kier alpha value is -4.91. The number of aromatic carboxylic acids is 1. The van der Waals surface area contributed by atoms with Gasteiger partial charge in [-0.3, -0.25) is 0 Å². The number of imidazole rings is 1. The Morgan fingerprint density at radius 2 is 1.56 bits per heavy atom. The van der Waals surface area contributed by atoms with E-state index in [1.165, 1.54) is 0 Å². The summed E-state index contributed by atoms with van der Waals surface area (Å²) in [7, 11) is 0. The quantitative estimate of drug-likeness (QED) is 0.189. The van der Waals surface area contributed by atoms with E-state index in [0.717, 1.165) is 52.9 Å². The molecule has 4 aromatic carbocycles. The number of amides is 2. The lowest BCUT2D eigenvalue weighted by Crippen LogP contribution is -2.19. The van der Waals surface area contributed by atoms with Crippen molar-refractivity contribution in [3.63, 3.8) is 0 Å². The number of rotatable bonds is 9. The average molecular weight is 519 g/mol. The number of hydrogen-bond donors (Lipinski definition) is 3. The number of hydrogen-bond acceptors (Lipinski definition) is 3. The molecule has 0 saturated carbocycles. The summed E-state index contributed by atoms with van der Waals surface area (Å²) in [6.07, 6.45) is 2.94. The van der Waals surface area contributed by atoms with E-state index in [2.05, 4.69) is 22.1 Å². The Kier molecular flexibility index (Phi) is 7.68. The first-order valence-corrected chi connectivity index (χ1v) is 13.1. The second-order valence-corrected chi connectivity index (χ2v) is 9.41. The van der Waals surface area contributed by atoms with Crippen LogP contribution in [-0.2, 0) is 13.0 Å². The number of unbranched alkanes of at least 4 members (excludes halogenated alkanes) is 1. The molecule has 1 heterocycles. The summed E-state index contributed by atoms with van der Waals surface area (Å²) in [6, 6.07) is 29.8. The van der Waals surface area contributed by atoms with Crippen LogP contribution in [0, 0.1) is 0 Å². The predicted molar refractivity (Wildman–Crippen MR) is 155 cm³/mol. The predicted octanol–water partition coefficient (Wildman–Crippen LogP) is 7.44. The SMILES string of the molecule is CCCCc1nc2ccc(NC(=O)Nc3ccccc3)cc2n1Cc1ccc(-c2ccccc2C(=O)O)cc1. The van der Waals surface area contributed by atoms with E-state index in [1.54, 1.807) is 12.1 Å². The Morgan fingerprint density at radius 3 is 2.31 bits per heavy atom. The normalized spacial score (nSPS) is 10.9. The molecule has 0 bridgehead atoms. The number of nitrogens with zero attached hydrogens (tertiary/aromatic N) is 2. The van der Waals surface area contributed by atoms with E-state index < -0.39 is 5.97 Å². The smallest absolute Gasteiger partial charge is 0.336 e. The van der Waals surface area contributed by atoms with Gasteiger partial charge in [0.1, 0.15) is 5.82 Å². The number of carboxylic acids is 1. The maximum absolute atomic E-state index is 12.6. The Bertz CT molecular complexity index is 1610. The van der Waals surface area contributed by atoms with E-state index >= 15 is 0 Å². The molecule has 0 radical (unpaired) electrons. The number of aryl methyl sites for hydroxylation is 1. The summed E-state index contributed by atoms with van der Waals surface area (Å²) in [6.45, 7) is 2.77. The third-order valence-corrected chi connectivity index (χ3v) is 6.63. The van der Waals surface area contributed by atoms with Crippen molar-refractivity contribution >= 4 is 34.4 Å². The second-order valence-electron chi connectivity index (χ2n) is 9.41. The van der Waals surface area contributed by atoms with Crippen LogP contribution in [0.25, 0.3) is 22.2 Å². The molecule has 0 unspecified atom stereocenters. The number of urea groups is 1. The van der Waals surface area contributed by atoms with Crippen LogP contribution in [0.1, 0.15) is 41.5 Å². The third-order valence-electron chi connectivity index (χ3n) is 6.63.